The summed E-state index contributed by atoms with van der Waals surface area (Å²) in [7, 11) is 1.97. The van der Waals surface area contributed by atoms with Crippen LogP contribution in [0, 0.1) is 29.7 Å². The van der Waals surface area contributed by atoms with Gasteiger partial charge in [-0.1, -0.05) is 118 Å². The predicted molar refractivity (Wildman–Crippen MR) is 211 cm³/mol. The molecular formula is C45H48N4. The average molecular weight is 645 g/mol. The molecule has 1 aliphatic rings. The fourth-order valence-corrected chi connectivity index (χ4v) is 6.59. The van der Waals surface area contributed by atoms with E-state index in [-0.39, 0.29) is 11.8 Å². The zero-order valence-corrected chi connectivity index (χ0v) is 29.4. The first-order valence-electron chi connectivity index (χ1n) is 17.2. The second kappa shape index (κ2) is 16.5. The molecule has 0 aliphatic carbocycles. The highest BCUT2D eigenvalue weighted by Gasteiger charge is 2.21. The van der Waals surface area contributed by atoms with Crippen molar-refractivity contribution in [3.63, 3.8) is 0 Å². The van der Waals surface area contributed by atoms with Crippen LogP contribution in [0.4, 0.5) is 22.7 Å². The lowest BCUT2D eigenvalue weighted by Gasteiger charge is -2.31. The Balaban J connectivity index is 1.74. The minimum atomic E-state index is 0.173. The molecule has 1 heterocycles. The van der Waals surface area contributed by atoms with Crippen molar-refractivity contribution in [3.8, 4) is 23.6 Å². The average Bonchev–Trinajstić information content (AvgIpc) is 3.12. The number of nitrogens with zero attached hydrogens (tertiary/aromatic N) is 2. The van der Waals surface area contributed by atoms with Gasteiger partial charge in [0.1, 0.15) is 0 Å². The fourth-order valence-electron chi connectivity index (χ4n) is 6.59. The van der Waals surface area contributed by atoms with Gasteiger partial charge in [0.15, 0.2) is 0 Å². The van der Waals surface area contributed by atoms with Crippen LogP contribution in [0.2, 0.25) is 0 Å². The second-order valence-corrected chi connectivity index (χ2v) is 12.7. The van der Waals surface area contributed by atoms with E-state index in [0.717, 1.165) is 51.6 Å². The van der Waals surface area contributed by atoms with Gasteiger partial charge < -0.3 is 20.5 Å². The summed E-state index contributed by atoms with van der Waals surface area (Å²) in [4.78, 5) is 4.28. The van der Waals surface area contributed by atoms with Crippen molar-refractivity contribution in [1.82, 2.24) is 4.90 Å². The van der Waals surface area contributed by atoms with Crippen molar-refractivity contribution in [1.29, 1.82) is 5.41 Å². The molecule has 4 aromatic carbocycles. The van der Waals surface area contributed by atoms with E-state index >= 15 is 0 Å². The monoisotopic (exact) mass is 644 g/mol. The van der Waals surface area contributed by atoms with Gasteiger partial charge in [0.2, 0.25) is 0 Å². The van der Waals surface area contributed by atoms with E-state index in [9.17, 15) is 0 Å². The first-order chi connectivity index (χ1) is 23.8. The van der Waals surface area contributed by atoms with E-state index in [1.165, 1.54) is 22.9 Å². The van der Waals surface area contributed by atoms with Crippen molar-refractivity contribution in [3.05, 3.63) is 155 Å². The first kappa shape index (κ1) is 34.8. The zero-order chi connectivity index (χ0) is 34.8. The smallest absolute Gasteiger partial charge is 0.0501 e. The van der Waals surface area contributed by atoms with Crippen LogP contribution in [-0.2, 0) is 6.42 Å². The number of rotatable bonds is 8. The van der Waals surface area contributed by atoms with Gasteiger partial charge in [-0.25, -0.2) is 0 Å². The number of para-hydroxylation sites is 1. The van der Waals surface area contributed by atoms with Gasteiger partial charge in [-0.3, -0.25) is 0 Å². The molecule has 1 aliphatic heterocycles. The summed E-state index contributed by atoms with van der Waals surface area (Å²) < 4.78 is 0. The molecule has 248 valence electrons. The number of hydrogen-bond acceptors (Lipinski definition) is 4. The minimum Gasteiger partial charge on any atom is -0.355 e. The molecule has 0 fully saturated rings. The van der Waals surface area contributed by atoms with Crippen molar-refractivity contribution in [2.24, 2.45) is 11.8 Å². The largest absolute Gasteiger partial charge is 0.355 e. The number of anilines is 4. The Morgan fingerprint density at radius 3 is 2.35 bits per heavy atom. The van der Waals surface area contributed by atoms with E-state index in [1.807, 2.05) is 30.1 Å². The Morgan fingerprint density at radius 2 is 1.65 bits per heavy atom. The van der Waals surface area contributed by atoms with E-state index in [1.54, 1.807) is 0 Å². The van der Waals surface area contributed by atoms with Crippen LogP contribution in [0.1, 0.15) is 45.2 Å². The summed E-state index contributed by atoms with van der Waals surface area (Å²) in [6.45, 7) is 9.61. The molecule has 0 bridgehead atoms. The summed E-state index contributed by atoms with van der Waals surface area (Å²) in [5, 5.41) is 12.3. The minimum absolute atomic E-state index is 0.173. The molecule has 0 amide bonds. The van der Waals surface area contributed by atoms with E-state index in [0.29, 0.717) is 13.0 Å². The number of allylic oxidation sites excluding steroid dienone is 7. The number of nitrogens with one attached hydrogen (secondary N) is 2. The molecule has 2 N–H and O–H groups in total. The molecule has 49 heavy (non-hydrogen) atoms. The van der Waals surface area contributed by atoms with Gasteiger partial charge in [0.05, 0.1) is 5.69 Å². The molecule has 0 spiro atoms. The highest BCUT2D eigenvalue weighted by atomic mass is 15.1. The van der Waals surface area contributed by atoms with Crippen LogP contribution >= 0.6 is 0 Å². The second-order valence-electron chi connectivity index (χ2n) is 12.7. The Morgan fingerprint density at radius 1 is 0.939 bits per heavy atom. The number of hydrogen-bond donors (Lipinski definition) is 2. The van der Waals surface area contributed by atoms with E-state index < -0.39 is 0 Å². The van der Waals surface area contributed by atoms with Gasteiger partial charge in [-0.15, -0.1) is 0 Å². The maximum atomic E-state index is 8.71. The molecule has 5 rings (SSSR count). The van der Waals surface area contributed by atoms with Crippen LogP contribution in [0.25, 0.3) is 11.1 Å². The molecule has 4 aromatic rings. The van der Waals surface area contributed by atoms with Gasteiger partial charge in [-0.05, 0) is 95.8 Å². The van der Waals surface area contributed by atoms with Crippen molar-refractivity contribution >= 4 is 29.0 Å². The maximum Gasteiger partial charge on any atom is 0.0501 e. The molecule has 0 saturated carbocycles. The molecule has 2 unspecified atom stereocenters. The lowest BCUT2D eigenvalue weighted by molar-refractivity contribution is 0.504. The standard InChI is InChI=1S/C45H48N4/c1-7-36-26-25-33(3)29-35(5)49(40-23-16-20-38(30-40)37-18-11-9-12-19-37)45-28-27-44(47-39-21-13-10-14-22-39)42(31-46)41(45)24-15-17-34(4)43(36)32-48(6)8-2/h2,9-23,25-31,33-34,46-47H,7,24,32H2,1,3-6H3/b17-15+,26-25-,35-29+,43-36-,46-31?. The summed E-state index contributed by atoms with van der Waals surface area (Å²) in [6, 6.07) is 36.5. The van der Waals surface area contributed by atoms with Gasteiger partial charge >= 0.3 is 0 Å². The first-order valence-corrected chi connectivity index (χ1v) is 17.2. The number of terminal acetylenes is 1. The molecule has 4 nitrogen and oxygen atoms in total. The van der Waals surface area contributed by atoms with Crippen LogP contribution in [0.5, 0.6) is 0 Å². The Hall–Kier alpha value is -5.53. The summed E-state index contributed by atoms with van der Waals surface area (Å²) in [5.41, 5.74) is 12.1. The van der Waals surface area contributed by atoms with Crippen LogP contribution in [0.3, 0.4) is 0 Å². The third-order valence-corrected chi connectivity index (χ3v) is 9.16. The lowest BCUT2D eigenvalue weighted by atomic mass is 9.91. The van der Waals surface area contributed by atoms with Crippen molar-refractivity contribution in [2.75, 3.05) is 23.8 Å². The van der Waals surface area contributed by atoms with E-state index in [4.69, 9.17) is 11.8 Å². The predicted octanol–water partition coefficient (Wildman–Crippen LogP) is 11.3. The van der Waals surface area contributed by atoms with Gasteiger partial charge in [-0.2, -0.15) is 0 Å². The Labute approximate surface area is 293 Å². The molecule has 0 saturated heterocycles. The van der Waals surface area contributed by atoms with Crippen LogP contribution in [-0.4, -0.2) is 24.7 Å². The third kappa shape index (κ3) is 8.50. The SMILES string of the molecule is C#CN(C)C/C1=C(CC)/C=C\C(C)/C=C(\C)N(c2cccc(-c3ccccc3)c2)c2ccc(Nc3ccccc3)c(C=N)c2C/C=C/C1C. The Kier molecular flexibility index (Phi) is 11.7. The summed E-state index contributed by atoms with van der Waals surface area (Å²) in [6.07, 6.45) is 20.4. The van der Waals surface area contributed by atoms with Crippen molar-refractivity contribution in [2.45, 2.75) is 40.5 Å². The van der Waals surface area contributed by atoms with Gasteiger partial charge in [0.25, 0.3) is 0 Å². The lowest BCUT2D eigenvalue weighted by Crippen LogP contribution is -2.20. The van der Waals surface area contributed by atoms with E-state index in [2.05, 4.69) is 153 Å². The zero-order valence-electron chi connectivity index (χ0n) is 29.4. The van der Waals surface area contributed by atoms with Gasteiger partial charge in [0, 0.05) is 54.2 Å². The number of fused-ring (bicyclic) bond motifs is 1. The normalized spacial score (nSPS) is 20.5. The summed E-state index contributed by atoms with van der Waals surface area (Å²) >= 11 is 0. The van der Waals surface area contributed by atoms with Crippen molar-refractivity contribution < 1.29 is 0 Å². The van der Waals surface area contributed by atoms with Crippen LogP contribution < -0.4 is 10.2 Å². The molecule has 0 radical (unpaired) electrons. The highest BCUT2D eigenvalue weighted by molar-refractivity contribution is 5.93. The molecule has 0 aromatic heterocycles. The fraction of sp³-hybridized carbons (Fsp3) is 0.222. The number of benzene rings is 4. The number of likely N-dealkylation sites (N-methyl/N-ethyl adjacent to an activating group) is 1. The maximum absolute atomic E-state index is 8.71. The Bertz CT molecular complexity index is 1910. The third-order valence-electron chi connectivity index (χ3n) is 9.16. The molecule has 2 atom stereocenters. The quantitative estimate of drug-likeness (QED) is 0.0868. The molecular weight excluding hydrogens is 597 g/mol. The van der Waals surface area contributed by atoms with Crippen LogP contribution in [0.15, 0.2) is 144 Å². The summed E-state index contributed by atoms with van der Waals surface area (Å²) in [5.74, 6) is 0.355. The topological polar surface area (TPSA) is 42.4 Å². The highest BCUT2D eigenvalue weighted by Crippen LogP contribution is 2.39. The molecule has 4 heteroatoms.